The molecule has 37 heavy (non-hydrogen) atoms. The van der Waals surface area contributed by atoms with Crippen LogP contribution >= 0.6 is 11.8 Å². The summed E-state index contributed by atoms with van der Waals surface area (Å²) < 4.78 is 33.4. The van der Waals surface area contributed by atoms with Crippen LogP contribution in [0.25, 0.3) is 0 Å². The zero-order valence-corrected chi connectivity index (χ0v) is 28.3. The maximum atomic E-state index is 12.3. The molecule has 0 aromatic heterocycles. The number of hydrogen-bond donors (Lipinski definition) is 2. The van der Waals surface area contributed by atoms with Gasteiger partial charge in [0.05, 0.1) is 33.4 Å². The predicted octanol–water partition coefficient (Wildman–Crippen LogP) is 2.95. The number of hydrogen-bond acceptors (Lipinski definition) is 5. The van der Waals surface area contributed by atoms with Gasteiger partial charge in [0.25, 0.3) is 0 Å². The summed E-state index contributed by atoms with van der Waals surface area (Å²) in [7, 11) is 4.26. The van der Waals surface area contributed by atoms with E-state index in [1.54, 1.807) is 11.8 Å². The van der Waals surface area contributed by atoms with Crippen LogP contribution in [0.5, 0.6) is 0 Å². The van der Waals surface area contributed by atoms with Gasteiger partial charge in [-0.25, -0.2) is 17.9 Å². The molecule has 10 heteroatoms. The highest BCUT2D eigenvalue weighted by Crippen LogP contribution is 2.15. The summed E-state index contributed by atoms with van der Waals surface area (Å²) in [6, 6.07) is 0. The van der Waals surface area contributed by atoms with E-state index in [0.717, 1.165) is 23.2 Å². The van der Waals surface area contributed by atoms with E-state index in [4.69, 9.17) is 4.74 Å². The van der Waals surface area contributed by atoms with Crippen molar-refractivity contribution in [1.29, 1.82) is 0 Å². The van der Waals surface area contributed by atoms with Gasteiger partial charge in [-0.1, -0.05) is 90.4 Å². The number of quaternary nitrogens is 1. The molecule has 1 atom stereocenters. The molecule has 1 unspecified atom stereocenters. The van der Waals surface area contributed by atoms with E-state index in [2.05, 4.69) is 17.0 Å². The van der Waals surface area contributed by atoms with Gasteiger partial charge in [-0.05, 0) is 12.2 Å². The van der Waals surface area contributed by atoms with Crippen molar-refractivity contribution in [3.63, 3.8) is 0 Å². The zero-order valence-electron chi connectivity index (χ0n) is 24.5. The maximum Gasteiger partial charge on any atom is 0.407 e. The van der Waals surface area contributed by atoms with Crippen molar-refractivity contribution in [2.75, 3.05) is 58.5 Å². The smallest absolute Gasteiger partial charge is 0.407 e. The summed E-state index contributed by atoms with van der Waals surface area (Å²) in [4.78, 5) is 11.7. The minimum absolute atomic E-state index is 0. The average Bonchev–Trinajstić information content (AvgIpc) is 2.81. The predicted molar refractivity (Wildman–Crippen MR) is 156 cm³/mol. The van der Waals surface area contributed by atoms with Gasteiger partial charge in [0.1, 0.15) is 6.10 Å². The van der Waals surface area contributed by atoms with Crippen LogP contribution in [-0.2, 0) is 14.8 Å². The molecule has 0 bridgehead atoms. The van der Waals surface area contributed by atoms with Gasteiger partial charge in [0, 0.05) is 25.8 Å². The van der Waals surface area contributed by atoms with Gasteiger partial charge in [-0.3, -0.25) is 0 Å². The molecule has 224 valence electrons. The third kappa shape index (κ3) is 29.0. The maximum absolute atomic E-state index is 12.3. The molecule has 1 amide bonds. The van der Waals surface area contributed by atoms with Gasteiger partial charge < -0.3 is 38.5 Å². The van der Waals surface area contributed by atoms with Crippen LogP contribution in [-0.4, -0.2) is 83.6 Å². The Balaban J connectivity index is 0. The molecule has 0 saturated carbocycles. The molecule has 0 heterocycles. The Labute approximate surface area is 251 Å². The van der Waals surface area contributed by atoms with Crippen molar-refractivity contribution in [1.82, 2.24) is 10.0 Å². The second-order valence-corrected chi connectivity index (χ2v) is 14.1. The number of sulfonamides is 1. The van der Waals surface area contributed by atoms with E-state index < -0.39 is 22.2 Å². The molecule has 0 fully saturated rings. The average molecular weight is 680 g/mol. The Kier molecular flexibility index (Phi) is 26.8. The monoisotopic (exact) mass is 679 g/mol. The normalized spacial score (nSPS) is 12.7. The lowest BCUT2D eigenvalue weighted by Gasteiger charge is -2.23. The molecular weight excluding hydrogens is 621 g/mol. The summed E-state index contributed by atoms with van der Waals surface area (Å²) in [6.07, 6.45) is 18.4. The number of nitrogens with zero attached hydrogens (tertiary/aromatic N) is 1. The van der Waals surface area contributed by atoms with Crippen molar-refractivity contribution in [3.8, 4) is 0 Å². The summed E-state index contributed by atoms with van der Waals surface area (Å²) in [6.45, 7) is 3.17. The van der Waals surface area contributed by atoms with Gasteiger partial charge in [-0.2, -0.15) is 11.8 Å². The van der Waals surface area contributed by atoms with Crippen molar-refractivity contribution >= 4 is 27.9 Å². The van der Waals surface area contributed by atoms with E-state index in [9.17, 15) is 13.2 Å². The van der Waals surface area contributed by atoms with Crippen LogP contribution in [0.1, 0.15) is 103 Å². The molecule has 0 aliphatic heterocycles. The van der Waals surface area contributed by atoms with E-state index in [0.29, 0.717) is 12.2 Å². The van der Waals surface area contributed by atoms with E-state index in [-0.39, 0.29) is 36.3 Å². The molecule has 0 aromatic carbocycles. The molecule has 0 radical (unpaired) electrons. The lowest BCUT2D eigenvalue weighted by molar-refractivity contribution is -0.870. The van der Waals surface area contributed by atoms with Gasteiger partial charge >= 0.3 is 6.09 Å². The molecule has 0 aliphatic carbocycles. The van der Waals surface area contributed by atoms with Gasteiger partial charge in [0.15, 0.2) is 0 Å². The summed E-state index contributed by atoms with van der Waals surface area (Å²) >= 11 is 1.73. The number of carbonyl (C=O) groups is 1. The highest BCUT2D eigenvalue weighted by molar-refractivity contribution is 7.99. The number of unbranched alkanes of at least 4 members (excludes halogenated alkanes) is 13. The number of ether oxygens (including phenoxy) is 1. The fraction of sp³-hybridized carbons (Fsp3) is 0.963. The first-order valence-corrected chi connectivity index (χ1v) is 17.1. The minimum atomic E-state index is -3.38. The van der Waals surface area contributed by atoms with Crippen LogP contribution < -0.4 is 34.0 Å². The van der Waals surface area contributed by atoms with Gasteiger partial charge in [0.2, 0.25) is 10.0 Å². The molecule has 0 spiro atoms. The Morgan fingerprint density at radius 1 is 0.838 bits per heavy atom. The first kappa shape index (κ1) is 39.4. The number of halogens is 1. The Bertz CT molecular complexity index is 632. The molecule has 7 nitrogen and oxygen atoms in total. The van der Waals surface area contributed by atoms with Crippen molar-refractivity contribution in [3.05, 3.63) is 0 Å². The number of carbonyl (C=O) groups excluding carboxylic acids is 1. The number of thioether (sulfide) groups is 1. The zero-order chi connectivity index (χ0) is 27.1. The van der Waals surface area contributed by atoms with Gasteiger partial charge in [-0.15, -0.1) is 0 Å². The minimum Gasteiger partial charge on any atom is -1.00 e. The summed E-state index contributed by atoms with van der Waals surface area (Å²) in [5.41, 5.74) is 0. The quantitative estimate of drug-likeness (QED) is 0.0882. The molecule has 0 rings (SSSR count). The van der Waals surface area contributed by atoms with Crippen LogP contribution in [0, 0.1) is 0 Å². The van der Waals surface area contributed by atoms with E-state index >= 15 is 0 Å². The lowest BCUT2D eigenvalue weighted by Crippen LogP contribution is -3.00. The number of alkyl carbamates (subject to hydrolysis) is 1. The van der Waals surface area contributed by atoms with Crippen LogP contribution in [0.3, 0.4) is 0 Å². The summed E-state index contributed by atoms with van der Waals surface area (Å²) in [5.74, 6) is 1.68. The Morgan fingerprint density at radius 2 is 1.32 bits per heavy atom. The SMILES string of the molecule is CCCCCCCCCCCCCCCCSCC(CNS(=O)(=O)CCC[N+](C)(C)C)OC(=O)NC.[I-]. The van der Waals surface area contributed by atoms with Crippen LogP contribution in [0.15, 0.2) is 0 Å². The first-order valence-electron chi connectivity index (χ1n) is 14.3. The largest absolute Gasteiger partial charge is 1.00 e. The second kappa shape index (κ2) is 25.2. The van der Waals surface area contributed by atoms with E-state index in [1.165, 1.54) is 90.5 Å². The standard InChI is InChI=1S/C27H57N3O4S2.HI/c1-6-7-8-9-10-11-12-13-14-15-16-17-18-19-22-35-25-26(34-27(31)28-2)24-29-36(32,33)23-20-21-30(3,4)5;/h26,29H,6-25H2,1-5H3;1H. The van der Waals surface area contributed by atoms with Crippen molar-refractivity contribution < 1.29 is 46.4 Å². The molecule has 2 N–H and O–H groups in total. The fourth-order valence-corrected chi connectivity index (χ4v) is 6.10. The van der Waals surface area contributed by atoms with Crippen molar-refractivity contribution in [2.24, 2.45) is 0 Å². The lowest BCUT2D eigenvalue weighted by atomic mass is 10.0. The third-order valence-electron chi connectivity index (χ3n) is 6.20. The number of nitrogens with one attached hydrogen (secondary N) is 2. The van der Waals surface area contributed by atoms with Crippen molar-refractivity contribution in [2.45, 2.75) is 109 Å². The highest BCUT2D eigenvalue weighted by atomic mass is 127. The second-order valence-electron chi connectivity index (χ2n) is 11.0. The first-order chi connectivity index (χ1) is 17.1. The van der Waals surface area contributed by atoms with Crippen LogP contribution in [0.4, 0.5) is 4.79 Å². The van der Waals surface area contributed by atoms with E-state index in [1.807, 2.05) is 21.1 Å². The molecular formula is C27H58IN3O4S2. The topological polar surface area (TPSA) is 84.5 Å². The highest BCUT2D eigenvalue weighted by Gasteiger charge is 2.19. The number of rotatable bonds is 25. The fourth-order valence-electron chi connectivity index (χ4n) is 3.98. The Morgan fingerprint density at radius 3 is 1.78 bits per heavy atom. The van der Waals surface area contributed by atoms with Crippen LogP contribution in [0.2, 0.25) is 0 Å². The summed E-state index contributed by atoms with van der Waals surface area (Å²) in [5, 5.41) is 2.45. The number of amides is 1. The molecule has 0 aliphatic rings. The Hall–Kier alpha value is 0.220. The molecule has 0 saturated heterocycles. The molecule has 0 aromatic rings. The third-order valence-corrected chi connectivity index (χ3v) is 8.81.